The van der Waals surface area contributed by atoms with Crippen LogP contribution in [0.25, 0.3) is 21.9 Å². The Morgan fingerprint density at radius 1 is 1.09 bits per heavy atom. The Hall–Kier alpha value is -5.47. The number of rotatable bonds is 5. The lowest BCUT2D eigenvalue weighted by molar-refractivity contribution is 0.0293. The van der Waals surface area contributed by atoms with E-state index < -0.39 is 29.7 Å². The molecule has 14 nitrogen and oxygen atoms in total. The van der Waals surface area contributed by atoms with Gasteiger partial charge in [0.1, 0.15) is 29.8 Å². The lowest BCUT2D eigenvalue weighted by Gasteiger charge is -2.35. The first kappa shape index (κ1) is 30.6. The van der Waals surface area contributed by atoms with Gasteiger partial charge in [-0.1, -0.05) is 0 Å². The van der Waals surface area contributed by atoms with Gasteiger partial charge >= 0.3 is 18.3 Å². The maximum atomic E-state index is 16.4. The number of ether oxygens (including phenoxy) is 3. The molecule has 1 aliphatic heterocycles. The zero-order valence-electron chi connectivity index (χ0n) is 25.5. The summed E-state index contributed by atoms with van der Waals surface area (Å²) >= 11 is 0. The molecule has 46 heavy (non-hydrogen) atoms. The molecule has 3 aromatic heterocycles. The number of carboxylic acid groups (broad SMARTS) is 1. The zero-order valence-corrected chi connectivity index (χ0v) is 25.5. The molecule has 0 bridgehead atoms. The highest BCUT2D eigenvalue weighted by Gasteiger charge is 2.34. The van der Waals surface area contributed by atoms with E-state index in [2.05, 4.69) is 25.6 Å². The number of nitrogens with zero attached hydrogens (tertiary/aromatic N) is 5. The molecule has 240 valence electrons. The molecule has 4 aromatic rings. The second kappa shape index (κ2) is 11.8. The molecule has 1 saturated carbocycles. The quantitative estimate of drug-likeness (QED) is 0.233. The summed E-state index contributed by atoms with van der Waals surface area (Å²) in [5, 5.41) is 15.5. The Bertz CT molecular complexity index is 1840. The Morgan fingerprint density at radius 2 is 1.87 bits per heavy atom. The highest BCUT2D eigenvalue weighted by molar-refractivity contribution is 6.04. The number of pyridine rings is 2. The molecule has 0 spiro atoms. The maximum absolute atomic E-state index is 16.4. The van der Waals surface area contributed by atoms with Crippen LogP contribution in [0.4, 0.5) is 36.0 Å². The number of hydrogen-bond donors (Lipinski definition) is 3. The fourth-order valence-corrected chi connectivity index (χ4v) is 5.51. The standard InChI is InChI=1S/C31H32FN7O7/c1-16-21(13-35-27-26(16)39(30(42)43)7-8-44-27)20-9-17-10-23(36-28(40)45-19-11-18(12-19)38-6-5-33-15-38)34-14-22(17)25(24(20)32)37-29(41)46-31(2,3)4/h5-6,9-10,13-15,18-19H,7-8,11-12H2,1-4H3,(H,37,41)(H,42,43)(H,34,36,40). The number of carbonyl (C=O) groups excluding carboxylic acids is 2. The molecule has 0 atom stereocenters. The van der Waals surface area contributed by atoms with E-state index in [1.54, 1.807) is 40.2 Å². The van der Waals surface area contributed by atoms with Crippen LogP contribution in [0.2, 0.25) is 0 Å². The zero-order chi connectivity index (χ0) is 32.7. The number of anilines is 3. The summed E-state index contributed by atoms with van der Waals surface area (Å²) in [6.45, 7) is 6.86. The van der Waals surface area contributed by atoms with Crippen molar-refractivity contribution in [2.45, 2.75) is 58.3 Å². The second-order valence-electron chi connectivity index (χ2n) is 12.1. The Kier molecular flexibility index (Phi) is 7.84. The molecule has 3 amide bonds. The fraction of sp³-hybridized carbons (Fsp3) is 0.355. The van der Waals surface area contributed by atoms with Crippen LogP contribution in [-0.4, -0.2) is 67.8 Å². The highest BCUT2D eigenvalue weighted by Crippen LogP contribution is 2.42. The molecular formula is C31H32FN7O7. The third kappa shape index (κ3) is 6.07. The minimum Gasteiger partial charge on any atom is -0.474 e. The van der Waals surface area contributed by atoms with Crippen molar-refractivity contribution in [1.82, 2.24) is 19.5 Å². The minimum absolute atomic E-state index is 0.0157. The molecular weight excluding hydrogens is 601 g/mol. The number of imidazole rings is 1. The van der Waals surface area contributed by atoms with Crippen LogP contribution in [0, 0.1) is 12.7 Å². The number of aromatic nitrogens is 4. The van der Waals surface area contributed by atoms with Gasteiger partial charge in [-0.2, -0.15) is 0 Å². The van der Waals surface area contributed by atoms with Gasteiger partial charge in [0.2, 0.25) is 5.88 Å². The van der Waals surface area contributed by atoms with Gasteiger partial charge < -0.3 is 23.9 Å². The van der Waals surface area contributed by atoms with Gasteiger partial charge in [0.05, 0.1) is 18.6 Å². The van der Waals surface area contributed by atoms with E-state index in [1.165, 1.54) is 24.5 Å². The van der Waals surface area contributed by atoms with Gasteiger partial charge in [-0.05, 0) is 50.8 Å². The van der Waals surface area contributed by atoms with Crippen molar-refractivity contribution in [2.24, 2.45) is 0 Å². The van der Waals surface area contributed by atoms with Crippen LogP contribution in [0.1, 0.15) is 45.2 Å². The summed E-state index contributed by atoms with van der Waals surface area (Å²) in [6.07, 6.45) is 6.22. The molecule has 15 heteroatoms. The Balaban J connectivity index is 1.34. The third-order valence-electron chi connectivity index (χ3n) is 7.72. The van der Waals surface area contributed by atoms with Crippen molar-refractivity contribution in [1.29, 1.82) is 0 Å². The maximum Gasteiger partial charge on any atom is 0.413 e. The number of halogens is 1. The third-order valence-corrected chi connectivity index (χ3v) is 7.72. The number of hydrogen-bond acceptors (Lipinski definition) is 9. The smallest absolute Gasteiger partial charge is 0.413 e. The van der Waals surface area contributed by atoms with Gasteiger partial charge in [0.25, 0.3) is 0 Å². The summed E-state index contributed by atoms with van der Waals surface area (Å²) in [5.41, 5.74) is -0.191. The van der Waals surface area contributed by atoms with Gasteiger partial charge in [-0.25, -0.2) is 33.7 Å². The molecule has 2 aliphatic rings. The number of amides is 3. The molecule has 1 aromatic carbocycles. The molecule has 3 N–H and O–H groups in total. The van der Waals surface area contributed by atoms with Crippen molar-refractivity contribution in [3.05, 3.63) is 54.6 Å². The predicted molar refractivity (Wildman–Crippen MR) is 165 cm³/mol. The van der Waals surface area contributed by atoms with Crippen molar-refractivity contribution in [2.75, 3.05) is 28.7 Å². The second-order valence-corrected chi connectivity index (χ2v) is 12.1. The summed E-state index contributed by atoms with van der Waals surface area (Å²) < 4.78 is 34.8. The van der Waals surface area contributed by atoms with Crippen LogP contribution in [0.3, 0.4) is 0 Å². The SMILES string of the molecule is Cc1c(-c2cc3cc(NC(=O)OC4CC(n5ccnc5)C4)ncc3c(NC(=O)OC(C)(C)C)c2F)cnc2c1N(C(=O)O)CCO2. The van der Waals surface area contributed by atoms with E-state index in [1.807, 2.05) is 10.8 Å². The monoisotopic (exact) mass is 633 g/mol. The molecule has 0 radical (unpaired) electrons. The fourth-order valence-electron chi connectivity index (χ4n) is 5.51. The van der Waals surface area contributed by atoms with Crippen LogP contribution in [-0.2, 0) is 9.47 Å². The molecule has 1 aliphatic carbocycles. The molecule has 0 saturated heterocycles. The number of carbonyl (C=O) groups is 3. The van der Waals surface area contributed by atoms with Crippen LogP contribution >= 0.6 is 0 Å². The lowest BCUT2D eigenvalue weighted by atomic mass is 9.89. The lowest BCUT2D eigenvalue weighted by Crippen LogP contribution is -2.37. The predicted octanol–water partition coefficient (Wildman–Crippen LogP) is 6.12. The van der Waals surface area contributed by atoms with E-state index in [9.17, 15) is 19.5 Å². The molecule has 0 unspecified atom stereocenters. The van der Waals surface area contributed by atoms with E-state index in [4.69, 9.17) is 14.2 Å². The molecule has 4 heterocycles. The number of fused-ring (bicyclic) bond motifs is 2. The first-order chi connectivity index (χ1) is 21.9. The summed E-state index contributed by atoms with van der Waals surface area (Å²) in [5.74, 6) is -0.573. The van der Waals surface area contributed by atoms with Gasteiger partial charge in [0.15, 0.2) is 5.82 Å². The van der Waals surface area contributed by atoms with Gasteiger partial charge in [-0.15, -0.1) is 0 Å². The summed E-state index contributed by atoms with van der Waals surface area (Å²) in [7, 11) is 0. The highest BCUT2D eigenvalue weighted by atomic mass is 19.1. The van der Waals surface area contributed by atoms with Crippen LogP contribution in [0.15, 0.2) is 43.2 Å². The first-order valence-corrected chi connectivity index (χ1v) is 14.6. The van der Waals surface area contributed by atoms with Gasteiger partial charge in [-0.3, -0.25) is 15.5 Å². The normalized spacial score (nSPS) is 17.4. The summed E-state index contributed by atoms with van der Waals surface area (Å²) in [4.78, 5) is 51.2. The van der Waals surface area contributed by atoms with Crippen molar-refractivity contribution < 1.29 is 38.1 Å². The number of nitrogens with one attached hydrogen (secondary N) is 2. The minimum atomic E-state index is -1.20. The molecule has 6 rings (SSSR count). The Labute approximate surface area is 262 Å². The van der Waals surface area contributed by atoms with Crippen molar-refractivity contribution >= 4 is 46.2 Å². The van der Waals surface area contributed by atoms with E-state index in [0.29, 0.717) is 23.8 Å². The summed E-state index contributed by atoms with van der Waals surface area (Å²) in [6, 6.07) is 3.23. The Morgan fingerprint density at radius 3 is 2.57 bits per heavy atom. The van der Waals surface area contributed by atoms with Crippen molar-refractivity contribution in [3.63, 3.8) is 0 Å². The van der Waals surface area contributed by atoms with Crippen LogP contribution in [0.5, 0.6) is 5.88 Å². The average molecular weight is 634 g/mol. The van der Waals surface area contributed by atoms with E-state index in [-0.39, 0.29) is 64.9 Å². The average Bonchev–Trinajstić information content (AvgIpc) is 3.49. The van der Waals surface area contributed by atoms with Crippen LogP contribution < -0.4 is 20.3 Å². The van der Waals surface area contributed by atoms with Crippen molar-refractivity contribution in [3.8, 4) is 17.0 Å². The van der Waals surface area contributed by atoms with Gasteiger partial charge in [0, 0.05) is 60.2 Å². The largest absolute Gasteiger partial charge is 0.474 e. The van der Waals surface area contributed by atoms with E-state index >= 15 is 4.39 Å². The first-order valence-electron chi connectivity index (χ1n) is 14.6. The molecule has 1 fully saturated rings. The van der Waals surface area contributed by atoms with E-state index in [0.717, 1.165) is 4.90 Å². The number of benzene rings is 1. The topological polar surface area (TPSA) is 170 Å².